The molecule has 0 aliphatic carbocycles. The number of nitrogens with zero attached hydrogens (tertiary/aromatic N) is 1. The molecule has 1 aromatic heterocycles. The molecule has 0 fully saturated rings. The van der Waals surface area contributed by atoms with Crippen molar-refractivity contribution >= 4 is 28.5 Å². The number of esters is 1. The summed E-state index contributed by atoms with van der Waals surface area (Å²) in [4.78, 5) is 17.8. The van der Waals surface area contributed by atoms with Crippen molar-refractivity contribution in [2.45, 2.75) is 26.7 Å². The van der Waals surface area contributed by atoms with E-state index in [0.29, 0.717) is 63.9 Å². The van der Waals surface area contributed by atoms with Gasteiger partial charge in [0.15, 0.2) is 23.0 Å². The highest BCUT2D eigenvalue weighted by atomic mass is 35.5. The van der Waals surface area contributed by atoms with E-state index in [9.17, 15) is 4.79 Å². The number of ether oxygens (including phenoxy) is 5. The van der Waals surface area contributed by atoms with Crippen LogP contribution in [0.3, 0.4) is 0 Å². The third-order valence-corrected chi connectivity index (χ3v) is 5.26. The van der Waals surface area contributed by atoms with Crippen molar-refractivity contribution < 1.29 is 28.5 Å². The lowest BCUT2D eigenvalue weighted by atomic mass is 9.93. The van der Waals surface area contributed by atoms with Crippen molar-refractivity contribution in [2.75, 3.05) is 34.0 Å². The normalized spacial score (nSPS) is 10.7. The van der Waals surface area contributed by atoms with E-state index in [1.54, 1.807) is 33.3 Å². The van der Waals surface area contributed by atoms with Gasteiger partial charge in [0.25, 0.3) is 0 Å². The quantitative estimate of drug-likeness (QED) is 0.279. The van der Waals surface area contributed by atoms with Gasteiger partial charge in [-0.1, -0.05) is 6.07 Å². The summed E-state index contributed by atoms with van der Waals surface area (Å²) >= 11 is 6.25. The largest absolute Gasteiger partial charge is 0.493 e. The van der Waals surface area contributed by atoms with Gasteiger partial charge in [-0.05, 0) is 44.5 Å². The zero-order chi connectivity index (χ0) is 24.0. The van der Waals surface area contributed by atoms with Crippen LogP contribution in [0.15, 0.2) is 30.3 Å². The maximum atomic E-state index is 13.1. The van der Waals surface area contributed by atoms with Gasteiger partial charge in [0, 0.05) is 17.0 Å². The Bertz CT molecular complexity index is 1150. The van der Waals surface area contributed by atoms with Crippen LogP contribution in [0.1, 0.15) is 36.8 Å². The predicted molar refractivity (Wildman–Crippen MR) is 128 cm³/mol. The summed E-state index contributed by atoms with van der Waals surface area (Å²) in [6, 6.07) is 9.09. The number of hydrogen-bond acceptors (Lipinski definition) is 7. The molecule has 0 spiro atoms. The fourth-order valence-corrected chi connectivity index (χ4v) is 3.86. The Morgan fingerprint density at radius 1 is 0.879 bits per heavy atom. The lowest BCUT2D eigenvalue weighted by Crippen LogP contribution is -2.12. The second-order valence-electron chi connectivity index (χ2n) is 6.91. The Morgan fingerprint density at radius 2 is 1.55 bits per heavy atom. The van der Waals surface area contributed by atoms with Crippen LogP contribution >= 0.6 is 11.6 Å². The molecule has 176 valence electrons. The summed E-state index contributed by atoms with van der Waals surface area (Å²) in [5.41, 5.74) is 2.69. The van der Waals surface area contributed by atoms with Crippen molar-refractivity contribution in [3.63, 3.8) is 0 Å². The van der Waals surface area contributed by atoms with Gasteiger partial charge < -0.3 is 23.7 Å². The van der Waals surface area contributed by atoms with Crippen molar-refractivity contribution in [3.8, 4) is 34.1 Å². The maximum absolute atomic E-state index is 13.1. The number of methoxy groups -OCH3 is 2. The van der Waals surface area contributed by atoms with Gasteiger partial charge in [0.1, 0.15) is 0 Å². The number of halogens is 1. The number of carbonyl (C=O) groups excluding carboxylic acids is 1. The standard InChI is InChI=1S/C25H28ClNO6/c1-6-31-21-12-16-17(13-22(21)32-7-2)27-18(14-26)24(25(28)33-8-3)23(16)15-9-10-19(29-4)20(11-15)30-5/h9-13H,6-8,14H2,1-5H3. The Labute approximate surface area is 198 Å². The monoisotopic (exact) mass is 473 g/mol. The molecule has 0 unspecified atom stereocenters. The Morgan fingerprint density at radius 3 is 2.12 bits per heavy atom. The van der Waals surface area contributed by atoms with E-state index in [4.69, 9.17) is 35.3 Å². The predicted octanol–water partition coefficient (Wildman–Crippen LogP) is 5.63. The summed E-state index contributed by atoms with van der Waals surface area (Å²) in [6.45, 7) is 6.69. The first kappa shape index (κ1) is 24.5. The topological polar surface area (TPSA) is 76.1 Å². The van der Waals surface area contributed by atoms with Crippen LogP contribution in [0, 0.1) is 0 Å². The number of alkyl halides is 1. The third kappa shape index (κ3) is 4.93. The van der Waals surface area contributed by atoms with E-state index in [1.807, 2.05) is 32.0 Å². The van der Waals surface area contributed by atoms with Crippen molar-refractivity contribution in [1.82, 2.24) is 4.98 Å². The first-order chi connectivity index (χ1) is 16.0. The molecule has 0 amide bonds. The highest BCUT2D eigenvalue weighted by Gasteiger charge is 2.25. The van der Waals surface area contributed by atoms with E-state index < -0.39 is 5.97 Å². The molecule has 7 nitrogen and oxygen atoms in total. The summed E-state index contributed by atoms with van der Waals surface area (Å²) in [7, 11) is 3.13. The number of aromatic nitrogens is 1. The molecule has 0 saturated carbocycles. The molecule has 1 heterocycles. The molecule has 3 aromatic rings. The number of pyridine rings is 1. The molecule has 33 heavy (non-hydrogen) atoms. The second-order valence-corrected chi connectivity index (χ2v) is 7.18. The van der Waals surface area contributed by atoms with Gasteiger partial charge in [-0.25, -0.2) is 4.79 Å². The minimum Gasteiger partial charge on any atom is -0.493 e. The van der Waals surface area contributed by atoms with Gasteiger partial charge >= 0.3 is 5.97 Å². The van der Waals surface area contributed by atoms with E-state index >= 15 is 0 Å². The highest BCUT2D eigenvalue weighted by molar-refractivity contribution is 6.18. The van der Waals surface area contributed by atoms with Crippen LogP contribution in [0.5, 0.6) is 23.0 Å². The zero-order valence-electron chi connectivity index (χ0n) is 19.5. The van der Waals surface area contributed by atoms with Crippen molar-refractivity contribution in [1.29, 1.82) is 0 Å². The van der Waals surface area contributed by atoms with Gasteiger partial charge in [-0.2, -0.15) is 0 Å². The zero-order valence-corrected chi connectivity index (χ0v) is 20.2. The average Bonchev–Trinajstić information content (AvgIpc) is 2.83. The molecule has 0 aliphatic heterocycles. The van der Waals surface area contributed by atoms with E-state index in [1.165, 1.54) is 0 Å². The first-order valence-corrected chi connectivity index (χ1v) is 11.3. The number of fused-ring (bicyclic) bond motifs is 1. The van der Waals surface area contributed by atoms with Crippen molar-refractivity contribution in [2.24, 2.45) is 0 Å². The number of rotatable bonds is 10. The summed E-state index contributed by atoms with van der Waals surface area (Å²) in [5, 5.41) is 0.700. The SMILES string of the molecule is CCOC(=O)c1c(CCl)nc2cc(OCC)c(OCC)cc2c1-c1ccc(OC)c(OC)c1. The molecule has 0 radical (unpaired) electrons. The van der Waals surface area contributed by atoms with Crippen LogP contribution in [0.4, 0.5) is 0 Å². The minimum absolute atomic E-state index is 0.0293. The van der Waals surface area contributed by atoms with Crippen molar-refractivity contribution in [3.05, 3.63) is 41.6 Å². The molecular weight excluding hydrogens is 446 g/mol. The van der Waals surface area contributed by atoms with E-state index in [2.05, 4.69) is 4.98 Å². The lowest BCUT2D eigenvalue weighted by Gasteiger charge is -2.19. The molecule has 0 atom stereocenters. The van der Waals surface area contributed by atoms with Crippen LogP contribution in [0.25, 0.3) is 22.0 Å². The lowest BCUT2D eigenvalue weighted by molar-refractivity contribution is 0.0526. The fraction of sp³-hybridized carbons (Fsp3) is 0.360. The molecule has 0 saturated heterocycles. The number of carbonyl (C=O) groups is 1. The van der Waals surface area contributed by atoms with Crippen LogP contribution in [-0.2, 0) is 10.6 Å². The summed E-state index contributed by atoms with van der Waals surface area (Å²) in [6.07, 6.45) is 0. The van der Waals surface area contributed by atoms with E-state index in [0.717, 1.165) is 5.56 Å². The Hall–Kier alpha value is -3.19. The second kappa shape index (κ2) is 11.1. The van der Waals surface area contributed by atoms with Gasteiger partial charge in [-0.15, -0.1) is 11.6 Å². The maximum Gasteiger partial charge on any atom is 0.340 e. The molecule has 3 rings (SSSR count). The molecular formula is C25H28ClNO6. The van der Waals surface area contributed by atoms with Gasteiger partial charge in [-0.3, -0.25) is 4.98 Å². The van der Waals surface area contributed by atoms with Gasteiger partial charge in [0.2, 0.25) is 0 Å². The van der Waals surface area contributed by atoms with Gasteiger partial charge in [0.05, 0.1) is 56.7 Å². The van der Waals surface area contributed by atoms with Crippen LogP contribution < -0.4 is 18.9 Å². The smallest absolute Gasteiger partial charge is 0.340 e. The number of benzene rings is 2. The summed E-state index contributed by atoms with van der Waals surface area (Å²) in [5.74, 6) is 1.76. The third-order valence-electron chi connectivity index (χ3n) is 5.00. The van der Waals surface area contributed by atoms with Crippen LogP contribution in [0.2, 0.25) is 0 Å². The fourth-order valence-electron chi connectivity index (χ4n) is 3.67. The molecule has 2 aromatic carbocycles. The van der Waals surface area contributed by atoms with Crippen LogP contribution in [-0.4, -0.2) is 45.0 Å². The molecule has 0 bridgehead atoms. The molecule has 0 aliphatic rings. The Balaban J connectivity index is 2.45. The molecule has 8 heteroatoms. The highest BCUT2D eigenvalue weighted by Crippen LogP contribution is 2.42. The summed E-state index contributed by atoms with van der Waals surface area (Å²) < 4.78 is 27.9. The van der Waals surface area contributed by atoms with E-state index in [-0.39, 0.29) is 12.5 Å². The minimum atomic E-state index is -0.501. The molecule has 0 N–H and O–H groups in total. The Kier molecular flexibility index (Phi) is 8.22. The number of hydrogen-bond donors (Lipinski definition) is 0. The first-order valence-electron chi connectivity index (χ1n) is 10.7. The average molecular weight is 474 g/mol.